The number of amides is 1. The van der Waals surface area contributed by atoms with E-state index in [1.165, 1.54) is 18.9 Å². The van der Waals surface area contributed by atoms with Gasteiger partial charge in [-0.3, -0.25) is 9.78 Å². The lowest BCUT2D eigenvalue weighted by Gasteiger charge is -2.09. The van der Waals surface area contributed by atoms with Gasteiger partial charge in [-0.15, -0.1) is 0 Å². The predicted molar refractivity (Wildman–Crippen MR) is 109 cm³/mol. The summed E-state index contributed by atoms with van der Waals surface area (Å²) in [5.41, 5.74) is 1.93. The quantitative estimate of drug-likeness (QED) is 0.483. The van der Waals surface area contributed by atoms with Gasteiger partial charge in [0.25, 0.3) is 5.91 Å². The minimum Gasteiger partial charge on any atom is -0.503 e. The van der Waals surface area contributed by atoms with Gasteiger partial charge in [-0.1, -0.05) is 35.6 Å². The number of thiocarbonyl (C=S) groups is 1. The zero-order chi connectivity index (χ0) is 19.1. The molecule has 0 radical (unpaired) electrons. The molecular formula is C18H11ClN2O4S2. The number of nitrogens with one attached hydrogen (secondary N) is 1. The van der Waals surface area contributed by atoms with Crippen molar-refractivity contribution in [3.8, 4) is 22.6 Å². The number of nitrogens with zero attached hydrogens (tertiary/aromatic N) is 1. The van der Waals surface area contributed by atoms with Crippen LogP contribution < -0.4 is 10.1 Å². The number of furan rings is 1. The Morgan fingerprint density at radius 2 is 2.19 bits per heavy atom. The van der Waals surface area contributed by atoms with Gasteiger partial charge in [-0.2, -0.15) is 0 Å². The first-order valence-corrected chi connectivity index (χ1v) is 9.26. The van der Waals surface area contributed by atoms with Crippen LogP contribution in [0.5, 0.6) is 11.5 Å². The molecule has 0 unspecified atom stereocenters. The number of phenols is 1. The number of aromatic nitrogens is 1. The van der Waals surface area contributed by atoms with E-state index in [1.807, 2.05) is 0 Å². The Hall–Kier alpha value is -2.55. The van der Waals surface area contributed by atoms with Crippen LogP contribution in [0.15, 0.2) is 39.9 Å². The molecule has 0 bridgehead atoms. The fraction of sp³-hybridized carbons (Fsp3) is 0.0556. The number of methoxy groups -OCH3 is 1. The molecule has 3 heterocycles. The van der Waals surface area contributed by atoms with Crippen LogP contribution in [0, 0.1) is 0 Å². The normalized spacial score (nSPS) is 15.6. The Morgan fingerprint density at radius 3 is 2.89 bits per heavy atom. The molecule has 0 spiro atoms. The average Bonchev–Trinajstić information content (AvgIpc) is 3.19. The van der Waals surface area contributed by atoms with E-state index in [-0.39, 0.29) is 22.4 Å². The molecule has 2 N–H and O–H groups in total. The maximum absolute atomic E-state index is 11.8. The summed E-state index contributed by atoms with van der Waals surface area (Å²) in [6.07, 6.45) is 4.93. The van der Waals surface area contributed by atoms with Crippen molar-refractivity contribution >= 4 is 62.9 Å². The third kappa shape index (κ3) is 3.27. The van der Waals surface area contributed by atoms with Crippen molar-refractivity contribution in [3.63, 3.8) is 0 Å². The van der Waals surface area contributed by atoms with Crippen LogP contribution in [0.3, 0.4) is 0 Å². The Bertz CT molecular complexity index is 1140. The minimum atomic E-state index is -0.251. The molecule has 4 rings (SSSR count). The molecule has 27 heavy (non-hydrogen) atoms. The Kier molecular flexibility index (Phi) is 4.55. The maximum Gasteiger partial charge on any atom is 0.263 e. The molecule has 136 valence electrons. The number of aromatic hydroxyl groups is 1. The first-order valence-electron chi connectivity index (χ1n) is 7.65. The van der Waals surface area contributed by atoms with E-state index in [0.717, 1.165) is 5.39 Å². The summed E-state index contributed by atoms with van der Waals surface area (Å²) in [7, 11) is 1.44. The molecule has 3 aromatic rings. The van der Waals surface area contributed by atoms with Crippen LogP contribution in [-0.4, -0.2) is 27.4 Å². The zero-order valence-electron chi connectivity index (χ0n) is 13.8. The molecule has 1 amide bonds. The summed E-state index contributed by atoms with van der Waals surface area (Å²) in [6, 6.07) is 5.04. The topological polar surface area (TPSA) is 84.6 Å². The molecule has 1 saturated heterocycles. The number of carbonyl (C=O) groups is 1. The van der Waals surface area contributed by atoms with Crippen molar-refractivity contribution in [1.29, 1.82) is 0 Å². The first kappa shape index (κ1) is 17.8. The third-order valence-electron chi connectivity index (χ3n) is 3.92. The van der Waals surface area contributed by atoms with E-state index >= 15 is 0 Å². The van der Waals surface area contributed by atoms with Gasteiger partial charge in [-0.05, 0) is 23.8 Å². The van der Waals surface area contributed by atoms with Gasteiger partial charge < -0.3 is 19.6 Å². The van der Waals surface area contributed by atoms with Crippen LogP contribution >= 0.6 is 35.6 Å². The van der Waals surface area contributed by atoms with Crippen LogP contribution in [0.1, 0.15) is 5.76 Å². The Labute approximate surface area is 168 Å². The average molecular weight is 419 g/mol. The molecule has 1 aromatic carbocycles. The Morgan fingerprint density at radius 1 is 1.37 bits per heavy atom. The highest BCUT2D eigenvalue weighted by Crippen LogP contribution is 2.40. The smallest absolute Gasteiger partial charge is 0.263 e. The van der Waals surface area contributed by atoms with Gasteiger partial charge in [0.1, 0.15) is 15.7 Å². The molecule has 2 aromatic heterocycles. The van der Waals surface area contributed by atoms with Gasteiger partial charge in [0.15, 0.2) is 11.5 Å². The number of rotatable bonds is 3. The van der Waals surface area contributed by atoms with Crippen LogP contribution in [0.2, 0.25) is 5.02 Å². The molecule has 9 heteroatoms. The summed E-state index contributed by atoms with van der Waals surface area (Å²) in [4.78, 5) is 16.5. The lowest BCUT2D eigenvalue weighted by Crippen LogP contribution is -2.17. The number of thioether (sulfide) groups is 1. The minimum absolute atomic E-state index is 0.131. The Balaban J connectivity index is 1.83. The number of pyridine rings is 1. The van der Waals surface area contributed by atoms with Gasteiger partial charge in [0.2, 0.25) is 0 Å². The van der Waals surface area contributed by atoms with Gasteiger partial charge in [0, 0.05) is 29.4 Å². The number of phenolic OH excluding ortho intramolecular Hbond substituents is 1. The van der Waals surface area contributed by atoms with Crippen LogP contribution in [0.25, 0.3) is 28.2 Å². The third-order valence-corrected chi connectivity index (χ3v) is 5.37. The standard InChI is InChI=1S/C18H11ClN2O4S2/c1-24-13-4-8(3-12(19)15(13)22)11-7-20-6-9-2-10(25-16(9)11)5-14-17(23)21-18(26)27-14/h2-7,22H,1H3,(H,21,23,26)/b14-5-. The van der Waals surface area contributed by atoms with Crippen LogP contribution in [-0.2, 0) is 4.79 Å². The summed E-state index contributed by atoms with van der Waals surface area (Å²) in [6.45, 7) is 0. The fourth-order valence-corrected chi connectivity index (χ4v) is 3.93. The number of ether oxygens (including phenoxy) is 1. The zero-order valence-corrected chi connectivity index (χ0v) is 16.2. The molecular weight excluding hydrogens is 408 g/mol. The van der Waals surface area contributed by atoms with Crippen molar-refractivity contribution in [2.45, 2.75) is 0 Å². The lowest BCUT2D eigenvalue weighted by molar-refractivity contribution is -0.115. The van der Waals surface area contributed by atoms with E-state index in [1.54, 1.807) is 36.7 Å². The maximum atomic E-state index is 11.8. The van der Waals surface area contributed by atoms with Crippen molar-refractivity contribution < 1.29 is 19.1 Å². The SMILES string of the molecule is COc1cc(-c2cncc3cc(/C=C4\SC(=S)NC4=O)oc23)cc(Cl)c1O. The summed E-state index contributed by atoms with van der Waals surface area (Å²) >= 11 is 12.3. The van der Waals surface area contributed by atoms with E-state index in [9.17, 15) is 9.90 Å². The number of hydrogen-bond donors (Lipinski definition) is 2. The fourth-order valence-electron chi connectivity index (χ4n) is 2.69. The molecule has 0 atom stereocenters. The lowest BCUT2D eigenvalue weighted by atomic mass is 10.1. The molecule has 0 aliphatic carbocycles. The summed E-state index contributed by atoms with van der Waals surface area (Å²) in [5.74, 6) is 0.362. The second-order valence-corrected chi connectivity index (χ2v) is 7.74. The molecule has 0 saturated carbocycles. The predicted octanol–water partition coefficient (Wildman–Crippen LogP) is 4.35. The second-order valence-electron chi connectivity index (χ2n) is 5.62. The molecule has 6 nitrogen and oxygen atoms in total. The number of benzene rings is 1. The monoisotopic (exact) mass is 418 g/mol. The van der Waals surface area contributed by atoms with Crippen LogP contribution in [0.4, 0.5) is 0 Å². The second kappa shape index (κ2) is 6.88. The summed E-state index contributed by atoms with van der Waals surface area (Å²) in [5, 5.41) is 13.4. The van der Waals surface area contributed by atoms with Gasteiger partial charge in [-0.25, -0.2) is 0 Å². The van der Waals surface area contributed by atoms with Gasteiger partial charge in [0.05, 0.1) is 17.0 Å². The van der Waals surface area contributed by atoms with Crippen molar-refractivity contribution in [3.05, 3.63) is 46.3 Å². The summed E-state index contributed by atoms with van der Waals surface area (Å²) < 4.78 is 11.5. The highest BCUT2D eigenvalue weighted by atomic mass is 35.5. The van der Waals surface area contributed by atoms with Crippen molar-refractivity contribution in [2.24, 2.45) is 0 Å². The van der Waals surface area contributed by atoms with Crippen molar-refractivity contribution in [2.75, 3.05) is 7.11 Å². The number of halogens is 1. The van der Waals surface area contributed by atoms with E-state index in [2.05, 4.69) is 10.3 Å². The van der Waals surface area contributed by atoms with E-state index in [0.29, 0.717) is 31.7 Å². The first-order chi connectivity index (χ1) is 13.0. The molecule has 1 aliphatic heterocycles. The number of hydrogen-bond acceptors (Lipinski definition) is 7. The largest absolute Gasteiger partial charge is 0.503 e. The molecule has 1 aliphatic rings. The van der Waals surface area contributed by atoms with Crippen molar-refractivity contribution in [1.82, 2.24) is 10.3 Å². The van der Waals surface area contributed by atoms with E-state index < -0.39 is 0 Å². The van der Waals surface area contributed by atoms with E-state index in [4.69, 9.17) is 33.0 Å². The molecule has 1 fully saturated rings. The van der Waals surface area contributed by atoms with Gasteiger partial charge >= 0.3 is 0 Å². The highest BCUT2D eigenvalue weighted by Gasteiger charge is 2.23. The highest BCUT2D eigenvalue weighted by molar-refractivity contribution is 8.26. The number of fused-ring (bicyclic) bond motifs is 1. The number of carbonyl (C=O) groups excluding carboxylic acids is 1.